The fourth-order valence-corrected chi connectivity index (χ4v) is 5.21. The highest BCUT2D eigenvalue weighted by molar-refractivity contribution is 6.00. The molecule has 0 bridgehead atoms. The van der Waals surface area contributed by atoms with Gasteiger partial charge in [-0.2, -0.15) is 0 Å². The lowest BCUT2D eigenvalue weighted by Crippen LogP contribution is -2.60. The molecule has 3 amide bonds. The summed E-state index contributed by atoms with van der Waals surface area (Å²) >= 11 is 0. The molecule has 2 fully saturated rings. The van der Waals surface area contributed by atoms with Gasteiger partial charge in [0.2, 0.25) is 18.1 Å². The van der Waals surface area contributed by atoms with Gasteiger partial charge in [-0.05, 0) is 50.7 Å². The molecule has 3 rings (SSSR count). The number of hydrogen-bond acceptors (Lipinski definition) is 7. The van der Waals surface area contributed by atoms with Crippen LogP contribution < -0.4 is 15.4 Å². The SMILES string of the molecule is CCOC1OC(=O)CC1NC(=O)C1CCC(CC)N1C(=O)C(NC(=O)c1cccc(OC)c1C)C(C)(C)C. The summed E-state index contributed by atoms with van der Waals surface area (Å²) in [5.74, 6) is -0.911. The van der Waals surface area contributed by atoms with E-state index < -0.39 is 35.8 Å². The van der Waals surface area contributed by atoms with Crippen molar-refractivity contribution in [2.45, 2.75) is 97.7 Å². The molecule has 0 spiro atoms. The average Bonchev–Trinajstić information content (AvgIpc) is 3.44. The number of cyclic esters (lactones) is 1. The van der Waals surface area contributed by atoms with Crippen LogP contribution in [0.4, 0.5) is 0 Å². The lowest BCUT2D eigenvalue weighted by molar-refractivity contribution is -0.164. The number of methoxy groups -OCH3 is 1. The number of esters is 1. The van der Waals surface area contributed by atoms with Gasteiger partial charge in [-0.1, -0.05) is 33.8 Å². The van der Waals surface area contributed by atoms with Crippen LogP contribution in [0.15, 0.2) is 18.2 Å². The first-order chi connectivity index (χ1) is 17.9. The molecule has 0 saturated carbocycles. The minimum absolute atomic E-state index is 0.00877. The van der Waals surface area contributed by atoms with E-state index in [-0.39, 0.29) is 30.2 Å². The van der Waals surface area contributed by atoms with E-state index in [0.29, 0.717) is 42.7 Å². The van der Waals surface area contributed by atoms with Gasteiger partial charge in [0.05, 0.1) is 13.5 Å². The quantitative estimate of drug-likeness (QED) is 0.470. The molecule has 2 heterocycles. The maximum absolute atomic E-state index is 14.1. The highest BCUT2D eigenvalue weighted by Crippen LogP contribution is 2.32. The van der Waals surface area contributed by atoms with Crippen LogP contribution in [0.3, 0.4) is 0 Å². The highest BCUT2D eigenvalue weighted by Gasteiger charge is 2.47. The molecule has 2 N–H and O–H groups in total. The summed E-state index contributed by atoms with van der Waals surface area (Å²) in [6.45, 7) is 11.5. The van der Waals surface area contributed by atoms with Gasteiger partial charge in [0.1, 0.15) is 23.9 Å². The third-order valence-corrected chi connectivity index (χ3v) is 7.29. The molecule has 0 radical (unpaired) electrons. The van der Waals surface area contributed by atoms with Crippen molar-refractivity contribution in [2.75, 3.05) is 13.7 Å². The number of ether oxygens (including phenoxy) is 3. The molecule has 0 aliphatic carbocycles. The summed E-state index contributed by atoms with van der Waals surface area (Å²) < 4.78 is 16.0. The number of likely N-dealkylation sites (tertiary alicyclic amines) is 1. The van der Waals surface area contributed by atoms with Crippen molar-refractivity contribution in [1.29, 1.82) is 0 Å². The Kier molecular flexibility index (Phi) is 9.40. The molecule has 5 atom stereocenters. The Morgan fingerprint density at radius 1 is 1.18 bits per heavy atom. The maximum atomic E-state index is 14.1. The van der Waals surface area contributed by atoms with Crippen molar-refractivity contribution in [3.8, 4) is 5.75 Å². The van der Waals surface area contributed by atoms with E-state index >= 15 is 0 Å². The predicted octanol–water partition coefficient (Wildman–Crippen LogP) is 2.71. The molecule has 2 saturated heterocycles. The van der Waals surface area contributed by atoms with Crippen molar-refractivity contribution in [1.82, 2.24) is 15.5 Å². The summed E-state index contributed by atoms with van der Waals surface area (Å²) in [7, 11) is 1.54. The molecule has 5 unspecified atom stereocenters. The van der Waals surface area contributed by atoms with E-state index in [0.717, 1.165) is 0 Å². The van der Waals surface area contributed by atoms with Crippen molar-refractivity contribution in [3.63, 3.8) is 0 Å². The Balaban J connectivity index is 1.84. The van der Waals surface area contributed by atoms with Crippen LogP contribution in [0.5, 0.6) is 5.75 Å². The number of nitrogens with one attached hydrogen (secondary N) is 2. The minimum Gasteiger partial charge on any atom is -0.496 e. The van der Waals surface area contributed by atoms with E-state index in [1.54, 1.807) is 44.1 Å². The van der Waals surface area contributed by atoms with Crippen LogP contribution in [-0.2, 0) is 23.9 Å². The van der Waals surface area contributed by atoms with Crippen molar-refractivity contribution in [2.24, 2.45) is 5.41 Å². The van der Waals surface area contributed by atoms with E-state index in [1.165, 1.54) is 0 Å². The number of carbonyl (C=O) groups excluding carboxylic acids is 4. The van der Waals surface area contributed by atoms with Crippen LogP contribution in [0.1, 0.15) is 76.2 Å². The molecular formula is C28H41N3O7. The zero-order valence-electron chi connectivity index (χ0n) is 23.5. The Labute approximate surface area is 224 Å². The fraction of sp³-hybridized carbons (Fsp3) is 0.643. The summed E-state index contributed by atoms with van der Waals surface area (Å²) in [5.41, 5.74) is 0.462. The summed E-state index contributed by atoms with van der Waals surface area (Å²) in [4.78, 5) is 54.4. The molecule has 2 aliphatic rings. The third kappa shape index (κ3) is 6.28. The van der Waals surface area contributed by atoms with Crippen molar-refractivity contribution in [3.05, 3.63) is 29.3 Å². The molecule has 2 aliphatic heterocycles. The number of rotatable bonds is 9. The van der Waals surface area contributed by atoms with E-state index in [1.807, 2.05) is 27.7 Å². The number of nitrogens with zero attached hydrogens (tertiary/aromatic N) is 1. The van der Waals surface area contributed by atoms with E-state index in [9.17, 15) is 19.2 Å². The molecule has 1 aromatic carbocycles. The van der Waals surface area contributed by atoms with E-state index in [4.69, 9.17) is 14.2 Å². The second-order valence-corrected chi connectivity index (χ2v) is 10.9. The third-order valence-electron chi connectivity index (χ3n) is 7.29. The molecule has 1 aromatic rings. The number of hydrogen-bond donors (Lipinski definition) is 2. The lowest BCUT2D eigenvalue weighted by atomic mass is 9.85. The van der Waals surface area contributed by atoms with Crippen molar-refractivity contribution < 1.29 is 33.4 Å². The summed E-state index contributed by atoms with van der Waals surface area (Å²) in [5, 5.41) is 5.82. The van der Waals surface area contributed by atoms with Gasteiger partial charge in [-0.15, -0.1) is 0 Å². The lowest BCUT2D eigenvalue weighted by Gasteiger charge is -2.38. The van der Waals surface area contributed by atoms with Crippen LogP contribution in [0.25, 0.3) is 0 Å². The second-order valence-electron chi connectivity index (χ2n) is 10.9. The maximum Gasteiger partial charge on any atom is 0.310 e. The molecular weight excluding hydrogens is 490 g/mol. The molecule has 10 heteroatoms. The fourth-order valence-electron chi connectivity index (χ4n) is 5.21. The van der Waals surface area contributed by atoms with Gasteiger partial charge in [-0.3, -0.25) is 19.2 Å². The average molecular weight is 532 g/mol. The smallest absolute Gasteiger partial charge is 0.310 e. The topological polar surface area (TPSA) is 123 Å². The monoisotopic (exact) mass is 531 g/mol. The van der Waals surface area contributed by atoms with Crippen LogP contribution in [0, 0.1) is 12.3 Å². The Bertz CT molecular complexity index is 1050. The number of amides is 3. The van der Waals surface area contributed by atoms with Gasteiger partial charge < -0.3 is 29.7 Å². The van der Waals surface area contributed by atoms with Crippen LogP contribution in [-0.4, -0.2) is 72.8 Å². The first-order valence-electron chi connectivity index (χ1n) is 13.3. The molecule has 38 heavy (non-hydrogen) atoms. The highest BCUT2D eigenvalue weighted by atomic mass is 16.7. The largest absolute Gasteiger partial charge is 0.496 e. The van der Waals surface area contributed by atoms with Gasteiger partial charge in [0, 0.05) is 23.8 Å². The van der Waals surface area contributed by atoms with Gasteiger partial charge in [-0.25, -0.2) is 0 Å². The van der Waals surface area contributed by atoms with Crippen molar-refractivity contribution >= 4 is 23.7 Å². The molecule has 210 valence electrons. The number of carbonyl (C=O) groups is 4. The van der Waals surface area contributed by atoms with Gasteiger partial charge in [0.25, 0.3) is 5.91 Å². The Hall–Kier alpha value is -3.14. The minimum atomic E-state index is -0.879. The summed E-state index contributed by atoms with van der Waals surface area (Å²) in [6, 6.07) is 2.82. The normalized spacial score (nSPS) is 24.1. The standard InChI is InChI=1S/C28H41N3O7/c1-8-17-13-14-20(25(34)29-19-15-22(32)38-27(19)37-9-2)31(17)26(35)23(28(4,5)6)30-24(33)18-11-10-12-21(36-7)16(18)3/h10-12,17,19-20,23,27H,8-9,13-15H2,1-7H3,(H,29,34)(H,30,33). The Morgan fingerprint density at radius 3 is 2.50 bits per heavy atom. The van der Waals surface area contributed by atoms with Crippen LogP contribution >= 0.6 is 0 Å². The zero-order chi connectivity index (χ0) is 28.2. The first kappa shape index (κ1) is 29.4. The van der Waals surface area contributed by atoms with Crippen LogP contribution in [0.2, 0.25) is 0 Å². The summed E-state index contributed by atoms with van der Waals surface area (Å²) in [6.07, 6.45) is 0.972. The van der Waals surface area contributed by atoms with Gasteiger partial charge in [0.15, 0.2) is 0 Å². The first-order valence-corrected chi connectivity index (χ1v) is 13.3. The Morgan fingerprint density at radius 2 is 1.89 bits per heavy atom. The number of benzene rings is 1. The predicted molar refractivity (Wildman–Crippen MR) is 140 cm³/mol. The second kappa shape index (κ2) is 12.1. The zero-order valence-corrected chi connectivity index (χ0v) is 23.5. The molecule has 0 aromatic heterocycles. The van der Waals surface area contributed by atoms with Gasteiger partial charge >= 0.3 is 5.97 Å². The van der Waals surface area contributed by atoms with E-state index in [2.05, 4.69) is 10.6 Å². The molecule has 10 nitrogen and oxygen atoms in total.